The zero-order valence-electron chi connectivity index (χ0n) is 19.5. The Balaban J connectivity index is 1.40. The molecule has 0 atom stereocenters. The minimum atomic E-state index is 0.141. The molecular formula is C26H31ClN4O2S. The number of hydrogen-bond acceptors (Lipinski definition) is 4. The second-order valence-corrected chi connectivity index (χ2v) is 9.64. The van der Waals surface area contributed by atoms with E-state index in [-0.39, 0.29) is 11.7 Å². The number of likely N-dealkylation sites (tertiary alicyclic amines) is 1. The van der Waals surface area contributed by atoms with Crippen LogP contribution in [0, 0.1) is 4.77 Å². The smallest absolute Gasteiger partial charge is 0.224 e. The number of halogens is 1. The molecule has 1 saturated heterocycles. The molecule has 3 aromatic rings. The first kappa shape index (κ1) is 24.5. The number of rotatable bonds is 8. The van der Waals surface area contributed by atoms with Crippen molar-refractivity contribution in [2.45, 2.75) is 58.0 Å². The predicted octanol–water partition coefficient (Wildman–Crippen LogP) is 6.04. The Labute approximate surface area is 210 Å². The Morgan fingerprint density at radius 3 is 2.41 bits per heavy atom. The van der Waals surface area contributed by atoms with Gasteiger partial charge >= 0.3 is 0 Å². The largest absolute Gasteiger partial charge is 0.508 e. The third-order valence-corrected chi connectivity index (χ3v) is 7.19. The highest BCUT2D eigenvalue weighted by atomic mass is 35.5. The van der Waals surface area contributed by atoms with Crippen LogP contribution in [0.25, 0.3) is 11.4 Å². The van der Waals surface area contributed by atoms with Crippen molar-refractivity contribution < 1.29 is 9.90 Å². The lowest BCUT2D eigenvalue weighted by atomic mass is 9.89. The van der Waals surface area contributed by atoms with E-state index in [1.807, 2.05) is 41.3 Å². The van der Waals surface area contributed by atoms with E-state index in [1.165, 1.54) is 5.56 Å². The Morgan fingerprint density at radius 2 is 1.76 bits per heavy atom. The highest BCUT2D eigenvalue weighted by Gasteiger charge is 2.24. The summed E-state index contributed by atoms with van der Waals surface area (Å²) in [6, 6.07) is 15.0. The van der Waals surface area contributed by atoms with Gasteiger partial charge in [-0.2, -0.15) is 5.10 Å². The van der Waals surface area contributed by atoms with Gasteiger partial charge in [0.1, 0.15) is 5.75 Å². The first-order valence-corrected chi connectivity index (χ1v) is 12.7. The number of benzene rings is 2. The van der Waals surface area contributed by atoms with Gasteiger partial charge in [-0.25, -0.2) is 4.68 Å². The first-order chi connectivity index (χ1) is 16.5. The molecule has 2 aromatic carbocycles. The van der Waals surface area contributed by atoms with E-state index < -0.39 is 0 Å². The van der Waals surface area contributed by atoms with Crippen LogP contribution in [0.1, 0.15) is 50.5 Å². The fourth-order valence-corrected chi connectivity index (χ4v) is 4.92. The number of carbonyl (C=O) groups is 1. The van der Waals surface area contributed by atoms with Crippen molar-refractivity contribution in [1.82, 2.24) is 19.2 Å². The van der Waals surface area contributed by atoms with Gasteiger partial charge in [0.05, 0.1) is 6.54 Å². The van der Waals surface area contributed by atoms with E-state index in [2.05, 4.69) is 11.5 Å². The molecule has 1 N–H and O–H groups in total. The molecule has 1 aliphatic heterocycles. The maximum atomic E-state index is 12.9. The standard InChI is InChI=1S/C26H31ClN4O2S/c1-2-3-15-30-25(21-4-8-22(27)9-5-21)28-31(26(30)34)18-14-24(33)29-16-12-20(13-17-29)19-6-10-23(32)11-7-19/h4-11,20,32H,2-3,12-18H2,1H3. The van der Waals surface area contributed by atoms with Crippen LogP contribution in [-0.4, -0.2) is 43.4 Å². The first-order valence-electron chi connectivity index (χ1n) is 12.0. The highest BCUT2D eigenvalue weighted by Crippen LogP contribution is 2.29. The second kappa shape index (κ2) is 11.2. The van der Waals surface area contributed by atoms with Crippen LogP contribution >= 0.6 is 23.8 Å². The van der Waals surface area contributed by atoms with Crippen LogP contribution < -0.4 is 0 Å². The topological polar surface area (TPSA) is 63.3 Å². The minimum Gasteiger partial charge on any atom is -0.508 e. The maximum absolute atomic E-state index is 12.9. The van der Waals surface area contributed by atoms with Crippen LogP contribution in [0.2, 0.25) is 5.02 Å². The van der Waals surface area contributed by atoms with Gasteiger partial charge in [-0.05, 0) is 79.4 Å². The number of aromatic nitrogens is 3. The minimum absolute atomic E-state index is 0.141. The molecule has 1 aliphatic rings. The fraction of sp³-hybridized carbons (Fsp3) is 0.423. The van der Waals surface area contributed by atoms with Crippen molar-refractivity contribution >= 4 is 29.7 Å². The van der Waals surface area contributed by atoms with Gasteiger partial charge in [-0.15, -0.1) is 0 Å². The molecule has 34 heavy (non-hydrogen) atoms. The molecule has 180 valence electrons. The molecule has 1 fully saturated rings. The molecule has 1 aromatic heterocycles. The Kier molecular flexibility index (Phi) is 8.06. The van der Waals surface area contributed by atoms with E-state index in [4.69, 9.17) is 28.9 Å². The molecule has 0 radical (unpaired) electrons. The average molecular weight is 499 g/mol. The lowest BCUT2D eigenvalue weighted by molar-refractivity contribution is -0.132. The molecule has 4 rings (SSSR count). The number of piperidine rings is 1. The molecule has 1 amide bonds. The van der Waals surface area contributed by atoms with Crippen molar-refractivity contribution in [3.8, 4) is 17.1 Å². The lowest BCUT2D eigenvalue weighted by Crippen LogP contribution is -2.38. The monoisotopic (exact) mass is 498 g/mol. The number of phenolic OH excluding ortho intramolecular Hbond substituents is 1. The molecule has 0 saturated carbocycles. The van der Waals surface area contributed by atoms with Gasteiger partial charge in [-0.3, -0.25) is 9.36 Å². The Hall–Kier alpha value is -2.64. The number of hydrogen-bond donors (Lipinski definition) is 1. The van der Waals surface area contributed by atoms with Gasteiger partial charge in [0.25, 0.3) is 0 Å². The molecule has 8 heteroatoms. The van der Waals surface area contributed by atoms with Crippen LogP contribution in [0.3, 0.4) is 0 Å². The van der Waals surface area contributed by atoms with Gasteiger partial charge in [0, 0.05) is 36.6 Å². The van der Waals surface area contributed by atoms with E-state index in [1.54, 1.807) is 16.8 Å². The zero-order chi connectivity index (χ0) is 24.1. The highest BCUT2D eigenvalue weighted by molar-refractivity contribution is 7.71. The molecular weight excluding hydrogens is 468 g/mol. The number of nitrogens with zero attached hydrogens (tertiary/aromatic N) is 4. The zero-order valence-corrected chi connectivity index (χ0v) is 21.1. The van der Waals surface area contributed by atoms with Crippen molar-refractivity contribution in [2.75, 3.05) is 13.1 Å². The summed E-state index contributed by atoms with van der Waals surface area (Å²) in [5, 5.41) is 15.0. The van der Waals surface area contributed by atoms with Crippen LogP contribution in [0.5, 0.6) is 5.75 Å². The van der Waals surface area contributed by atoms with E-state index in [0.29, 0.717) is 28.7 Å². The Bertz CT molecular complexity index is 1160. The van der Waals surface area contributed by atoms with Crippen LogP contribution in [0.15, 0.2) is 48.5 Å². The molecule has 6 nitrogen and oxygen atoms in total. The number of phenols is 1. The van der Waals surface area contributed by atoms with Crippen molar-refractivity contribution in [1.29, 1.82) is 0 Å². The van der Waals surface area contributed by atoms with E-state index >= 15 is 0 Å². The van der Waals surface area contributed by atoms with E-state index in [9.17, 15) is 9.90 Å². The number of amides is 1. The average Bonchev–Trinajstić information content (AvgIpc) is 3.17. The Morgan fingerprint density at radius 1 is 1.09 bits per heavy atom. The second-order valence-electron chi connectivity index (χ2n) is 8.84. The van der Waals surface area contributed by atoms with Crippen LogP contribution in [-0.2, 0) is 17.9 Å². The molecule has 2 heterocycles. The summed E-state index contributed by atoms with van der Waals surface area (Å²) < 4.78 is 4.50. The summed E-state index contributed by atoms with van der Waals surface area (Å²) in [6.07, 6.45) is 4.31. The number of aryl methyl sites for hydroxylation is 1. The normalized spacial score (nSPS) is 14.5. The molecule has 0 aliphatic carbocycles. The number of unbranched alkanes of at least 4 members (excludes halogenated alkanes) is 1. The van der Waals surface area contributed by atoms with Crippen molar-refractivity contribution in [2.24, 2.45) is 0 Å². The summed E-state index contributed by atoms with van der Waals surface area (Å²) in [6.45, 7) is 4.91. The summed E-state index contributed by atoms with van der Waals surface area (Å²) in [7, 11) is 0. The predicted molar refractivity (Wildman–Crippen MR) is 138 cm³/mol. The molecule has 0 spiro atoms. The summed E-state index contributed by atoms with van der Waals surface area (Å²) in [5.41, 5.74) is 2.19. The number of carbonyl (C=O) groups excluding carboxylic acids is 1. The van der Waals surface area contributed by atoms with Crippen molar-refractivity contribution in [3.63, 3.8) is 0 Å². The summed E-state index contributed by atoms with van der Waals surface area (Å²) in [5.74, 6) is 1.67. The maximum Gasteiger partial charge on any atom is 0.224 e. The van der Waals surface area contributed by atoms with E-state index in [0.717, 1.165) is 56.7 Å². The third-order valence-electron chi connectivity index (χ3n) is 6.51. The van der Waals surface area contributed by atoms with Gasteiger partial charge in [-0.1, -0.05) is 37.1 Å². The van der Waals surface area contributed by atoms with Crippen molar-refractivity contribution in [3.05, 3.63) is 63.9 Å². The van der Waals surface area contributed by atoms with Gasteiger partial charge in [0.2, 0.25) is 5.91 Å². The van der Waals surface area contributed by atoms with Gasteiger partial charge < -0.3 is 10.0 Å². The van der Waals surface area contributed by atoms with Crippen LogP contribution in [0.4, 0.5) is 0 Å². The number of aromatic hydroxyl groups is 1. The lowest BCUT2D eigenvalue weighted by Gasteiger charge is -2.32. The third kappa shape index (κ3) is 5.70. The SMILES string of the molecule is CCCCn1c(-c2ccc(Cl)cc2)nn(CCC(=O)N2CCC(c3ccc(O)cc3)CC2)c1=S. The summed E-state index contributed by atoms with van der Waals surface area (Å²) in [4.78, 5) is 14.9. The summed E-state index contributed by atoms with van der Waals surface area (Å²) >= 11 is 11.8. The molecule has 0 unspecified atom stereocenters. The molecule has 0 bridgehead atoms. The fourth-order valence-electron chi connectivity index (χ4n) is 4.49. The quantitative estimate of drug-likeness (QED) is 0.385. The van der Waals surface area contributed by atoms with Gasteiger partial charge in [0.15, 0.2) is 10.6 Å².